The molecule has 1 atom stereocenters. The van der Waals surface area contributed by atoms with Gasteiger partial charge in [0.2, 0.25) is 5.78 Å². The minimum Gasteiger partial charge on any atom is -0.451 e. The molecule has 0 amide bonds. The molecule has 5 nitrogen and oxygen atoms in total. The first-order valence-corrected chi connectivity index (χ1v) is 7.91. The molecule has 2 rings (SSSR count). The van der Waals surface area contributed by atoms with Crippen LogP contribution in [0, 0.1) is 19.7 Å². The third-order valence-electron chi connectivity index (χ3n) is 3.84. The van der Waals surface area contributed by atoms with Gasteiger partial charge in [0.15, 0.2) is 11.9 Å². The molecule has 1 aromatic carbocycles. The number of hydrogen-bond acceptors (Lipinski definition) is 4. The SMILES string of the molecule is CC(=O)c1c(C)[nH]c(C(=O)[C@H](C)OC(=O)c2cc(Cl)ccc2F)c1C. The molecule has 0 aliphatic carbocycles. The maximum absolute atomic E-state index is 13.7. The van der Waals surface area contributed by atoms with Gasteiger partial charge in [-0.25, -0.2) is 9.18 Å². The second-order valence-electron chi connectivity index (χ2n) is 5.72. The molecule has 0 fully saturated rings. The highest BCUT2D eigenvalue weighted by molar-refractivity contribution is 6.30. The molecule has 132 valence electrons. The van der Waals surface area contributed by atoms with Crippen molar-refractivity contribution in [2.45, 2.75) is 33.8 Å². The van der Waals surface area contributed by atoms with E-state index in [0.717, 1.165) is 12.1 Å². The number of carbonyl (C=O) groups is 3. The van der Waals surface area contributed by atoms with Crippen molar-refractivity contribution in [3.8, 4) is 0 Å². The predicted molar refractivity (Wildman–Crippen MR) is 90.9 cm³/mol. The van der Waals surface area contributed by atoms with Crippen molar-refractivity contribution in [1.29, 1.82) is 0 Å². The van der Waals surface area contributed by atoms with Crippen molar-refractivity contribution in [2.75, 3.05) is 0 Å². The van der Waals surface area contributed by atoms with Crippen molar-refractivity contribution in [3.63, 3.8) is 0 Å². The number of H-pyrrole nitrogens is 1. The van der Waals surface area contributed by atoms with E-state index in [2.05, 4.69) is 4.98 Å². The lowest BCUT2D eigenvalue weighted by molar-refractivity contribution is 0.0312. The Morgan fingerprint density at radius 1 is 1.24 bits per heavy atom. The minimum atomic E-state index is -1.16. The van der Waals surface area contributed by atoms with Crippen LogP contribution in [0.15, 0.2) is 18.2 Å². The lowest BCUT2D eigenvalue weighted by Gasteiger charge is -2.13. The van der Waals surface area contributed by atoms with Crippen molar-refractivity contribution < 1.29 is 23.5 Å². The first kappa shape index (κ1) is 18.9. The lowest BCUT2D eigenvalue weighted by Crippen LogP contribution is -2.25. The zero-order valence-electron chi connectivity index (χ0n) is 14.2. The van der Waals surface area contributed by atoms with Crippen LogP contribution in [-0.2, 0) is 4.74 Å². The van der Waals surface area contributed by atoms with E-state index in [1.807, 2.05) is 0 Å². The Morgan fingerprint density at radius 2 is 1.88 bits per heavy atom. The van der Waals surface area contributed by atoms with E-state index >= 15 is 0 Å². The number of Topliss-reactive ketones (excluding diaryl/α,β-unsaturated/α-hetero) is 2. The molecule has 0 unspecified atom stereocenters. The maximum Gasteiger partial charge on any atom is 0.341 e. The molecule has 0 bridgehead atoms. The highest BCUT2D eigenvalue weighted by atomic mass is 35.5. The topological polar surface area (TPSA) is 76.2 Å². The molecular formula is C18H17ClFNO4. The molecule has 0 spiro atoms. The summed E-state index contributed by atoms with van der Waals surface area (Å²) in [6.07, 6.45) is -1.16. The summed E-state index contributed by atoms with van der Waals surface area (Å²) < 4.78 is 18.8. The Kier molecular flexibility index (Phi) is 5.42. The fourth-order valence-electron chi connectivity index (χ4n) is 2.66. The highest BCUT2D eigenvalue weighted by Crippen LogP contribution is 2.21. The third-order valence-corrected chi connectivity index (χ3v) is 4.07. The van der Waals surface area contributed by atoms with E-state index in [1.165, 1.54) is 19.9 Å². The van der Waals surface area contributed by atoms with Crippen LogP contribution in [0.4, 0.5) is 4.39 Å². The number of aryl methyl sites for hydroxylation is 1. The van der Waals surface area contributed by atoms with Crippen LogP contribution in [-0.4, -0.2) is 28.6 Å². The number of hydrogen-bond donors (Lipinski definition) is 1. The van der Waals surface area contributed by atoms with E-state index in [1.54, 1.807) is 13.8 Å². The fraction of sp³-hybridized carbons (Fsp3) is 0.278. The zero-order chi connectivity index (χ0) is 18.9. The van der Waals surface area contributed by atoms with Crippen LogP contribution in [0.2, 0.25) is 5.02 Å². The second kappa shape index (κ2) is 7.19. The van der Waals surface area contributed by atoms with E-state index < -0.39 is 23.7 Å². The van der Waals surface area contributed by atoms with Crippen molar-refractivity contribution in [2.24, 2.45) is 0 Å². The van der Waals surface area contributed by atoms with Gasteiger partial charge in [-0.3, -0.25) is 9.59 Å². The Hall–Kier alpha value is -2.47. The quantitative estimate of drug-likeness (QED) is 0.640. The molecule has 0 aliphatic heterocycles. The normalized spacial score (nSPS) is 11.9. The van der Waals surface area contributed by atoms with E-state index in [0.29, 0.717) is 16.8 Å². The van der Waals surface area contributed by atoms with Gasteiger partial charge >= 0.3 is 5.97 Å². The van der Waals surface area contributed by atoms with Gasteiger partial charge in [-0.15, -0.1) is 0 Å². The van der Waals surface area contributed by atoms with Gasteiger partial charge in [0.25, 0.3) is 0 Å². The van der Waals surface area contributed by atoms with Crippen molar-refractivity contribution >= 4 is 29.1 Å². The maximum atomic E-state index is 13.7. The summed E-state index contributed by atoms with van der Waals surface area (Å²) in [7, 11) is 0. The Balaban J connectivity index is 2.24. The summed E-state index contributed by atoms with van der Waals surface area (Å²) in [6.45, 7) is 6.10. The molecule has 0 radical (unpaired) electrons. The number of rotatable bonds is 5. The van der Waals surface area contributed by atoms with Crippen LogP contribution < -0.4 is 0 Å². The van der Waals surface area contributed by atoms with Crippen LogP contribution in [0.5, 0.6) is 0 Å². The minimum absolute atomic E-state index is 0.170. The monoisotopic (exact) mass is 365 g/mol. The number of aromatic amines is 1. The summed E-state index contributed by atoms with van der Waals surface area (Å²) in [5.41, 5.74) is 1.33. The summed E-state index contributed by atoms with van der Waals surface area (Å²) in [6, 6.07) is 3.48. The number of aromatic nitrogens is 1. The van der Waals surface area contributed by atoms with Gasteiger partial charge in [-0.1, -0.05) is 11.6 Å². The van der Waals surface area contributed by atoms with Gasteiger partial charge in [0.1, 0.15) is 5.82 Å². The summed E-state index contributed by atoms with van der Waals surface area (Å²) in [5.74, 6) is -2.46. The van der Waals surface area contributed by atoms with Gasteiger partial charge in [-0.05, 0) is 51.5 Å². The van der Waals surface area contributed by atoms with Crippen molar-refractivity contribution in [1.82, 2.24) is 4.98 Å². The van der Waals surface area contributed by atoms with E-state index in [4.69, 9.17) is 16.3 Å². The first-order valence-electron chi connectivity index (χ1n) is 7.53. The second-order valence-corrected chi connectivity index (χ2v) is 6.15. The van der Waals surface area contributed by atoms with Gasteiger partial charge in [0, 0.05) is 16.3 Å². The first-order chi connectivity index (χ1) is 11.6. The third kappa shape index (κ3) is 3.79. The standard InChI is InChI=1S/C18H17ClFNO4/c1-8-15(10(3)22)9(2)21-16(8)17(23)11(4)25-18(24)13-7-12(19)5-6-14(13)20/h5-7,11,21H,1-4H3/t11-/m0/s1. The molecule has 7 heteroatoms. The smallest absolute Gasteiger partial charge is 0.341 e. The molecule has 25 heavy (non-hydrogen) atoms. The molecule has 0 aliphatic rings. The molecule has 1 aromatic heterocycles. The van der Waals surface area contributed by atoms with Gasteiger partial charge < -0.3 is 9.72 Å². The molecular weight excluding hydrogens is 349 g/mol. The van der Waals surface area contributed by atoms with Crippen LogP contribution in [0.25, 0.3) is 0 Å². The predicted octanol–water partition coefficient (Wildman–Crippen LogP) is 4.05. The number of esters is 1. The number of benzene rings is 1. The Labute approximate surface area is 149 Å². The fourth-order valence-corrected chi connectivity index (χ4v) is 2.83. The van der Waals surface area contributed by atoms with E-state index in [-0.39, 0.29) is 22.1 Å². The van der Waals surface area contributed by atoms with Crippen molar-refractivity contribution in [3.05, 3.63) is 57.1 Å². The Bertz CT molecular complexity index is 872. The molecule has 0 saturated heterocycles. The largest absolute Gasteiger partial charge is 0.451 e. The zero-order valence-corrected chi connectivity index (χ0v) is 15.0. The Morgan fingerprint density at radius 3 is 2.44 bits per heavy atom. The highest BCUT2D eigenvalue weighted by Gasteiger charge is 2.27. The van der Waals surface area contributed by atoms with Crippen LogP contribution in [0.3, 0.4) is 0 Å². The van der Waals surface area contributed by atoms with Crippen LogP contribution >= 0.6 is 11.6 Å². The molecule has 0 saturated carbocycles. The summed E-state index contributed by atoms with van der Waals surface area (Å²) in [5, 5.41) is 0.175. The number of ether oxygens (including phenoxy) is 1. The molecule has 1 N–H and O–H groups in total. The molecule has 2 aromatic rings. The van der Waals surface area contributed by atoms with E-state index in [9.17, 15) is 18.8 Å². The van der Waals surface area contributed by atoms with Gasteiger partial charge in [0.05, 0.1) is 11.3 Å². The summed E-state index contributed by atoms with van der Waals surface area (Å²) in [4.78, 5) is 39.1. The molecule has 1 heterocycles. The summed E-state index contributed by atoms with van der Waals surface area (Å²) >= 11 is 5.75. The average Bonchev–Trinajstić information content (AvgIpc) is 2.83. The van der Waals surface area contributed by atoms with Gasteiger partial charge in [-0.2, -0.15) is 0 Å². The number of nitrogens with one attached hydrogen (secondary N) is 1. The van der Waals surface area contributed by atoms with Crippen LogP contribution in [0.1, 0.15) is 56.3 Å². The number of carbonyl (C=O) groups excluding carboxylic acids is 3. The number of halogens is 2. The lowest BCUT2D eigenvalue weighted by atomic mass is 10.0. The number of ketones is 2. The average molecular weight is 366 g/mol.